The van der Waals surface area contributed by atoms with Crippen LogP contribution in [-0.2, 0) is 10.0 Å². The van der Waals surface area contributed by atoms with Gasteiger partial charge in [-0.05, 0) is 55.8 Å². The van der Waals surface area contributed by atoms with E-state index >= 15 is 0 Å². The Morgan fingerprint density at radius 3 is 2.19 bits per heavy atom. The standard InChI is InChI=1S/C18H19N3O3S2/c1-12-13(2)25-18(21-10-4-5-11-21)16(12)17(22)19-14-6-8-15(9-7-14)20-26(3,23)24/h4-11,20H,1-3H3,(H,19,22). The second kappa shape index (κ2) is 6.97. The molecule has 0 unspecified atom stereocenters. The van der Waals surface area contributed by atoms with Gasteiger partial charge in [0, 0.05) is 28.6 Å². The number of nitrogens with zero attached hydrogens (tertiary/aromatic N) is 1. The van der Waals surface area contributed by atoms with Crippen LogP contribution in [0.2, 0.25) is 0 Å². The van der Waals surface area contributed by atoms with Gasteiger partial charge in [0.05, 0.1) is 11.8 Å². The van der Waals surface area contributed by atoms with Crippen LogP contribution >= 0.6 is 11.3 Å². The highest BCUT2D eigenvalue weighted by Gasteiger charge is 2.20. The number of carbonyl (C=O) groups is 1. The minimum absolute atomic E-state index is 0.195. The molecular weight excluding hydrogens is 370 g/mol. The van der Waals surface area contributed by atoms with Crippen molar-refractivity contribution in [3.05, 3.63) is 64.8 Å². The average Bonchev–Trinajstić information content (AvgIpc) is 3.17. The molecule has 2 heterocycles. The Morgan fingerprint density at radius 2 is 1.62 bits per heavy atom. The molecule has 3 rings (SSSR count). The molecule has 0 saturated heterocycles. The molecule has 2 N–H and O–H groups in total. The Hall–Kier alpha value is -2.58. The summed E-state index contributed by atoms with van der Waals surface area (Å²) in [6, 6.07) is 10.4. The maximum atomic E-state index is 12.8. The van der Waals surface area contributed by atoms with Gasteiger partial charge in [0.15, 0.2) is 0 Å². The lowest BCUT2D eigenvalue weighted by Crippen LogP contribution is -2.15. The van der Waals surface area contributed by atoms with Gasteiger partial charge in [0.1, 0.15) is 5.00 Å². The number of thiophene rings is 1. The normalized spacial score (nSPS) is 11.3. The van der Waals surface area contributed by atoms with E-state index in [0.717, 1.165) is 21.7 Å². The van der Waals surface area contributed by atoms with Crippen molar-refractivity contribution in [2.75, 3.05) is 16.3 Å². The zero-order valence-corrected chi connectivity index (χ0v) is 16.2. The van der Waals surface area contributed by atoms with Gasteiger partial charge in [-0.25, -0.2) is 8.42 Å². The highest BCUT2D eigenvalue weighted by Crippen LogP contribution is 2.31. The zero-order valence-electron chi connectivity index (χ0n) is 14.6. The number of rotatable bonds is 5. The summed E-state index contributed by atoms with van der Waals surface area (Å²) >= 11 is 1.57. The topological polar surface area (TPSA) is 80.2 Å². The van der Waals surface area contributed by atoms with Gasteiger partial charge in [-0.3, -0.25) is 9.52 Å². The molecule has 0 aliphatic carbocycles. The molecule has 8 heteroatoms. The fourth-order valence-corrected chi connectivity index (χ4v) is 4.24. The number of sulfonamides is 1. The molecule has 0 aliphatic heterocycles. The lowest BCUT2D eigenvalue weighted by atomic mass is 10.1. The molecule has 6 nitrogen and oxygen atoms in total. The van der Waals surface area contributed by atoms with Crippen molar-refractivity contribution < 1.29 is 13.2 Å². The predicted molar refractivity (Wildman–Crippen MR) is 106 cm³/mol. The van der Waals surface area contributed by atoms with Gasteiger partial charge in [-0.1, -0.05) is 0 Å². The minimum Gasteiger partial charge on any atom is -0.322 e. The maximum absolute atomic E-state index is 12.8. The summed E-state index contributed by atoms with van der Waals surface area (Å²) in [5.74, 6) is -0.195. The number of hydrogen-bond donors (Lipinski definition) is 2. The molecule has 0 aliphatic rings. The monoisotopic (exact) mass is 389 g/mol. The summed E-state index contributed by atoms with van der Waals surface area (Å²) in [5.41, 5.74) is 2.63. The highest BCUT2D eigenvalue weighted by atomic mass is 32.2. The number of amides is 1. The third-order valence-corrected chi connectivity index (χ3v) is 5.71. The van der Waals surface area contributed by atoms with Crippen molar-refractivity contribution in [1.82, 2.24) is 4.57 Å². The Kier molecular flexibility index (Phi) is 4.88. The SMILES string of the molecule is Cc1sc(-n2cccc2)c(C(=O)Nc2ccc(NS(C)(=O)=O)cc2)c1C. The number of hydrogen-bond acceptors (Lipinski definition) is 4. The molecule has 0 bridgehead atoms. The average molecular weight is 390 g/mol. The molecule has 1 amide bonds. The number of benzene rings is 1. The smallest absolute Gasteiger partial charge is 0.258 e. The summed E-state index contributed by atoms with van der Waals surface area (Å²) in [4.78, 5) is 13.9. The lowest BCUT2D eigenvalue weighted by Gasteiger charge is -2.09. The van der Waals surface area contributed by atoms with Crippen molar-refractivity contribution >= 4 is 38.6 Å². The molecule has 0 radical (unpaired) electrons. The summed E-state index contributed by atoms with van der Waals surface area (Å²) in [6.45, 7) is 3.93. The van der Waals surface area contributed by atoms with E-state index in [2.05, 4.69) is 10.0 Å². The molecule has 0 saturated carbocycles. The molecule has 3 aromatic rings. The zero-order chi connectivity index (χ0) is 18.9. The van der Waals surface area contributed by atoms with Gasteiger partial charge in [0.25, 0.3) is 5.91 Å². The van der Waals surface area contributed by atoms with Crippen molar-refractivity contribution in [3.63, 3.8) is 0 Å². The van der Waals surface area contributed by atoms with E-state index in [0.29, 0.717) is 16.9 Å². The summed E-state index contributed by atoms with van der Waals surface area (Å²) < 4.78 is 26.8. The fraction of sp³-hybridized carbons (Fsp3) is 0.167. The molecule has 26 heavy (non-hydrogen) atoms. The molecule has 2 aromatic heterocycles. The van der Waals surface area contributed by atoms with Crippen LogP contribution in [0.25, 0.3) is 5.00 Å². The largest absolute Gasteiger partial charge is 0.322 e. The van der Waals surface area contributed by atoms with Crippen LogP contribution in [0.5, 0.6) is 0 Å². The fourth-order valence-electron chi connectivity index (χ4n) is 2.56. The second-order valence-electron chi connectivity index (χ2n) is 5.96. The Labute approximate surface area is 156 Å². The van der Waals surface area contributed by atoms with Crippen LogP contribution in [0.4, 0.5) is 11.4 Å². The van der Waals surface area contributed by atoms with E-state index in [4.69, 9.17) is 0 Å². The first-order chi connectivity index (χ1) is 12.2. The van der Waals surface area contributed by atoms with E-state index in [-0.39, 0.29) is 5.91 Å². The van der Waals surface area contributed by atoms with Crippen molar-refractivity contribution in [2.24, 2.45) is 0 Å². The predicted octanol–water partition coefficient (Wildman–Crippen LogP) is 3.78. The maximum Gasteiger partial charge on any atom is 0.258 e. The summed E-state index contributed by atoms with van der Waals surface area (Å²) in [6.07, 6.45) is 4.91. The first-order valence-electron chi connectivity index (χ1n) is 7.87. The van der Waals surface area contributed by atoms with Crippen molar-refractivity contribution in [3.8, 4) is 5.00 Å². The van der Waals surface area contributed by atoms with E-state index < -0.39 is 10.0 Å². The van der Waals surface area contributed by atoms with Crippen molar-refractivity contribution in [1.29, 1.82) is 0 Å². The first-order valence-corrected chi connectivity index (χ1v) is 10.6. The highest BCUT2D eigenvalue weighted by molar-refractivity contribution is 7.92. The first kappa shape index (κ1) is 18.2. The number of aromatic nitrogens is 1. The molecule has 0 atom stereocenters. The molecule has 1 aromatic carbocycles. The summed E-state index contributed by atoms with van der Waals surface area (Å²) in [5, 5.41) is 3.75. The third kappa shape index (κ3) is 3.97. The van der Waals surface area contributed by atoms with Gasteiger partial charge in [0.2, 0.25) is 10.0 Å². The Bertz CT molecular complexity index is 1030. The van der Waals surface area contributed by atoms with E-state index in [1.165, 1.54) is 0 Å². The van der Waals surface area contributed by atoms with Gasteiger partial charge < -0.3 is 9.88 Å². The number of nitrogens with one attached hydrogen (secondary N) is 2. The number of anilines is 2. The third-order valence-electron chi connectivity index (χ3n) is 3.88. The van der Waals surface area contributed by atoms with Crippen LogP contribution in [0.3, 0.4) is 0 Å². The molecule has 136 valence electrons. The Morgan fingerprint density at radius 1 is 1.04 bits per heavy atom. The minimum atomic E-state index is -3.33. The lowest BCUT2D eigenvalue weighted by molar-refractivity contribution is 0.102. The molecule has 0 spiro atoms. The van der Waals surface area contributed by atoms with Crippen LogP contribution in [0.15, 0.2) is 48.8 Å². The van der Waals surface area contributed by atoms with Crippen LogP contribution in [0.1, 0.15) is 20.8 Å². The summed E-state index contributed by atoms with van der Waals surface area (Å²) in [7, 11) is -3.33. The molecule has 0 fully saturated rings. The van der Waals surface area contributed by atoms with Crippen LogP contribution < -0.4 is 10.0 Å². The van der Waals surface area contributed by atoms with E-state index in [9.17, 15) is 13.2 Å². The van der Waals surface area contributed by atoms with Crippen LogP contribution in [0, 0.1) is 13.8 Å². The Balaban J connectivity index is 1.85. The van der Waals surface area contributed by atoms with E-state index in [1.54, 1.807) is 35.6 Å². The van der Waals surface area contributed by atoms with Crippen molar-refractivity contribution in [2.45, 2.75) is 13.8 Å². The number of carbonyl (C=O) groups excluding carboxylic acids is 1. The van der Waals surface area contributed by atoms with Gasteiger partial charge >= 0.3 is 0 Å². The number of aryl methyl sites for hydroxylation is 1. The molecular formula is C18H19N3O3S2. The second-order valence-corrected chi connectivity index (χ2v) is 8.91. The van der Waals surface area contributed by atoms with Gasteiger partial charge in [-0.15, -0.1) is 11.3 Å². The quantitative estimate of drug-likeness (QED) is 0.697. The van der Waals surface area contributed by atoms with Gasteiger partial charge in [-0.2, -0.15) is 0 Å². The van der Waals surface area contributed by atoms with E-state index in [1.807, 2.05) is 42.9 Å². The van der Waals surface area contributed by atoms with Crippen LogP contribution in [-0.4, -0.2) is 25.1 Å².